The Balaban J connectivity index is 2.36. The molecule has 0 spiro atoms. The molecule has 2 rings (SSSR count). The molecule has 0 aromatic heterocycles. The van der Waals surface area contributed by atoms with Crippen molar-refractivity contribution in [1.29, 1.82) is 0 Å². The largest absolute Gasteiger partial charge is 0.484 e. The van der Waals surface area contributed by atoms with Crippen molar-refractivity contribution < 1.29 is 9.66 Å². The van der Waals surface area contributed by atoms with E-state index in [1.165, 1.54) is 0 Å². The maximum atomic E-state index is 11.2. The predicted molar refractivity (Wildman–Crippen MR) is 69.0 cm³/mol. The van der Waals surface area contributed by atoms with E-state index >= 15 is 0 Å². The highest BCUT2D eigenvalue weighted by Crippen LogP contribution is 2.39. The van der Waals surface area contributed by atoms with Crippen LogP contribution < -0.4 is 15.4 Å². The molecule has 6 heteroatoms. The molecular formula is C12H17N3O3. The first kappa shape index (κ1) is 12.6. The van der Waals surface area contributed by atoms with Crippen LogP contribution in [0.15, 0.2) is 18.2 Å². The second-order valence-electron chi connectivity index (χ2n) is 4.71. The monoisotopic (exact) mass is 251 g/mol. The first-order chi connectivity index (χ1) is 8.49. The normalized spacial score (nSPS) is 15.7. The highest BCUT2D eigenvalue weighted by Gasteiger charge is 2.31. The quantitative estimate of drug-likeness (QED) is 0.648. The Morgan fingerprint density at radius 1 is 1.50 bits per heavy atom. The maximum Gasteiger partial charge on any atom is 0.333 e. The van der Waals surface area contributed by atoms with Crippen molar-refractivity contribution in [3.63, 3.8) is 0 Å². The van der Waals surface area contributed by atoms with Crippen molar-refractivity contribution in [2.45, 2.75) is 26.0 Å². The van der Waals surface area contributed by atoms with Gasteiger partial charge in [0.25, 0.3) is 0 Å². The fraction of sp³-hybridized carbons (Fsp3) is 0.500. The van der Waals surface area contributed by atoms with Gasteiger partial charge in [0, 0.05) is 19.1 Å². The Kier molecular flexibility index (Phi) is 3.38. The van der Waals surface area contributed by atoms with Crippen molar-refractivity contribution in [3.05, 3.63) is 28.3 Å². The average molecular weight is 251 g/mol. The zero-order valence-corrected chi connectivity index (χ0v) is 10.5. The van der Waals surface area contributed by atoms with E-state index in [0.29, 0.717) is 24.5 Å². The van der Waals surface area contributed by atoms with Crippen LogP contribution in [-0.4, -0.2) is 30.2 Å². The fourth-order valence-electron chi connectivity index (χ4n) is 2.01. The predicted octanol–water partition coefficient (Wildman–Crippen LogP) is 1.53. The van der Waals surface area contributed by atoms with Crippen molar-refractivity contribution in [2.75, 3.05) is 18.0 Å². The van der Waals surface area contributed by atoms with Gasteiger partial charge in [0.15, 0.2) is 5.75 Å². The highest BCUT2D eigenvalue weighted by atomic mass is 16.6. The lowest BCUT2D eigenvalue weighted by Gasteiger charge is -2.38. The van der Waals surface area contributed by atoms with Gasteiger partial charge in [-0.1, -0.05) is 6.07 Å². The van der Waals surface area contributed by atoms with E-state index in [4.69, 9.17) is 10.5 Å². The van der Waals surface area contributed by atoms with E-state index < -0.39 is 4.92 Å². The first-order valence-electron chi connectivity index (χ1n) is 5.93. The molecule has 0 bridgehead atoms. The lowest BCUT2D eigenvalue weighted by molar-refractivity contribution is -0.385. The third-order valence-corrected chi connectivity index (χ3v) is 2.77. The number of para-hydroxylation sites is 1. The van der Waals surface area contributed by atoms with Crippen LogP contribution in [0.2, 0.25) is 0 Å². The number of anilines is 1. The van der Waals surface area contributed by atoms with Gasteiger partial charge in [-0.15, -0.1) is 0 Å². The Hall–Kier alpha value is -1.82. The minimum atomic E-state index is -0.392. The Labute approximate surface area is 105 Å². The highest BCUT2D eigenvalue weighted by molar-refractivity contribution is 5.71. The molecule has 2 N–H and O–H groups in total. The minimum Gasteiger partial charge on any atom is -0.484 e. The van der Waals surface area contributed by atoms with E-state index in [-0.39, 0.29) is 17.8 Å². The fourth-order valence-corrected chi connectivity index (χ4v) is 2.01. The van der Waals surface area contributed by atoms with Crippen LogP contribution in [0.3, 0.4) is 0 Å². The van der Waals surface area contributed by atoms with Gasteiger partial charge in [-0.2, -0.15) is 0 Å². The van der Waals surface area contributed by atoms with E-state index in [9.17, 15) is 10.1 Å². The molecule has 0 radical (unpaired) electrons. The summed E-state index contributed by atoms with van der Waals surface area (Å²) in [7, 11) is 0. The van der Waals surface area contributed by atoms with Crippen molar-refractivity contribution in [2.24, 2.45) is 5.73 Å². The molecule has 1 fully saturated rings. The van der Waals surface area contributed by atoms with Crippen molar-refractivity contribution in [1.82, 2.24) is 0 Å². The summed E-state index contributed by atoms with van der Waals surface area (Å²) in [5.74, 6) is 0.313. The number of nitrogens with zero attached hydrogens (tertiary/aromatic N) is 2. The molecule has 1 aromatic carbocycles. The molecule has 1 aromatic rings. The lowest BCUT2D eigenvalue weighted by Crippen LogP contribution is -2.56. The zero-order valence-electron chi connectivity index (χ0n) is 10.5. The van der Waals surface area contributed by atoms with E-state index in [1.54, 1.807) is 18.2 Å². The van der Waals surface area contributed by atoms with Crippen LogP contribution >= 0.6 is 0 Å². The Morgan fingerprint density at radius 2 is 2.17 bits per heavy atom. The molecule has 0 saturated carbocycles. The van der Waals surface area contributed by atoms with Gasteiger partial charge in [-0.3, -0.25) is 10.1 Å². The molecule has 1 aliphatic heterocycles. The molecule has 1 saturated heterocycles. The molecule has 18 heavy (non-hydrogen) atoms. The Bertz CT molecular complexity index is 456. The van der Waals surface area contributed by atoms with Crippen LogP contribution in [0.5, 0.6) is 5.75 Å². The molecule has 6 nitrogen and oxygen atoms in total. The van der Waals surface area contributed by atoms with Gasteiger partial charge in [-0.25, -0.2) is 0 Å². The van der Waals surface area contributed by atoms with Gasteiger partial charge < -0.3 is 15.4 Å². The van der Waals surface area contributed by atoms with Gasteiger partial charge in [0.05, 0.1) is 11.0 Å². The third kappa shape index (κ3) is 2.38. The van der Waals surface area contributed by atoms with Gasteiger partial charge >= 0.3 is 5.69 Å². The first-order valence-corrected chi connectivity index (χ1v) is 5.93. The summed E-state index contributed by atoms with van der Waals surface area (Å²) < 4.78 is 5.49. The number of hydrogen-bond donors (Lipinski definition) is 1. The summed E-state index contributed by atoms with van der Waals surface area (Å²) in [6.45, 7) is 4.98. The number of ether oxygens (including phenoxy) is 1. The molecule has 1 aliphatic rings. The average Bonchev–Trinajstić information content (AvgIpc) is 2.23. The van der Waals surface area contributed by atoms with Crippen molar-refractivity contribution in [3.8, 4) is 5.75 Å². The van der Waals surface area contributed by atoms with Gasteiger partial charge in [0.2, 0.25) is 0 Å². The molecular weight excluding hydrogens is 234 g/mol. The number of nitro benzene ring substituents is 1. The number of benzene rings is 1. The standard InChI is InChI=1S/C12H17N3O3/c1-8(2)18-11-5-3-4-10(12(11)15(16)17)14-6-9(13)7-14/h3-5,8-9H,6-7,13H2,1-2H3. The van der Waals surface area contributed by atoms with Crippen molar-refractivity contribution >= 4 is 11.4 Å². The number of hydrogen-bond acceptors (Lipinski definition) is 5. The van der Waals surface area contributed by atoms with Crippen LogP contribution in [0, 0.1) is 10.1 Å². The van der Waals surface area contributed by atoms with E-state index in [2.05, 4.69) is 0 Å². The minimum absolute atomic E-state index is 0.0260. The maximum absolute atomic E-state index is 11.2. The van der Waals surface area contributed by atoms with E-state index in [0.717, 1.165) is 0 Å². The summed E-state index contributed by atoms with van der Waals surface area (Å²) in [4.78, 5) is 12.7. The molecule has 98 valence electrons. The summed E-state index contributed by atoms with van der Waals surface area (Å²) in [5.41, 5.74) is 6.32. The molecule has 0 aliphatic carbocycles. The van der Waals surface area contributed by atoms with Gasteiger partial charge in [0.1, 0.15) is 5.69 Å². The number of rotatable bonds is 4. The summed E-state index contributed by atoms with van der Waals surface area (Å²) in [5, 5.41) is 11.2. The smallest absolute Gasteiger partial charge is 0.333 e. The number of nitro groups is 1. The molecule has 1 heterocycles. The summed E-state index contributed by atoms with van der Waals surface area (Å²) in [6.07, 6.45) is -0.0994. The van der Waals surface area contributed by atoms with Gasteiger partial charge in [-0.05, 0) is 26.0 Å². The third-order valence-electron chi connectivity index (χ3n) is 2.77. The van der Waals surface area contributed by atoms with Crippen LogP contribution in [0.25, 0.3) is 0 Å². The Morgan fingerprint density at radius 3 is 2.67 bits per heavy atom. The SMILES string of the molecule is CC(C)Oc1cccc(N2CC(N)C2)c1[N+](=O)[O-]. The topological polar surface area (TPSA) is 81.6 Å². The zero-order chi connectivity index (χ0) is 13.3. The summed E-state index contributed by atoms with van der Waals surface area (Å²) >= 11 is 0. The second-order valence-corrected chi connectivity index (χ2v) is 4.71. The van der Waals surface area contributed by atoms with E-state index in [1.807, 2.05) is 18.7 Å². The van der Waals surface area contributed by atoms with Crippen LogP contribution in [0.4, 0.5) is 11.4 Å². The second kappa shape index (κ2) is 4.81. The molecule has 0 unspecified atom stereocenters. The van der Waals surface area contributed by atoms with Crippen LogP contribution in [0.1, 0.15) is 13.8 Å². The summed E-state index contributed by atoms with van der Waals surface area (Å²) in [6, 6.07) is 5.22. The van der Waals surface area contributed by atoms with Crippen LogP contribution in [-0.2, 0) is 0 Å². The molecule has 0 amide bonds. The molecule has 0 atom stereocenters. The number of nitrogens with two attached hydrogens (primary N) is 1. The lowest BCUT2D eigenvalue weighted by atomic mass is 10.1.